The lowest BCUT2D eigenvalue weighted by molar-refractivity contribution is -0.380. The molecule has 16 heavy (non-hydrogen) atoms. The van der Waals surface area contributed by atoms with E-state index in [1.54, 1.807) is 5.32 Å². The molecule has 0 atom stereocenters. The van der Waals surface area contributed by atoms with Gasteiger partial charge in [0.25, 0.3) is 0 Å². The van der Waals surface area contributed by atoms with Crippen LogP contribution in [0, 0.1) is 10.1 Å². The van der Waals surface area contributed by atoms with Gasteiger partial charge in [-0.15, -0.1) is 0 Å². The van der Waals surface area contributed by atoms with E-state index in [1.807, 2.05) is 0 Å². The lowest BCUT2D eigenvalue weighted by atomic mass is 10.4. The van der Waals surface area contributed by atoms with Crippen LogP contribution in [0.2, 0.25) is 0 Å². The summed E-state index contributed by atoms with van der Waals surface area (Å²) >= 11 is 0.712. The third-order valence-electron chi connectivity index (χ3n) is 1.51. The topological polar surface area (TPSA) is 72.2 Å². The fraction of sp³-hybridized carbons (Fsp3) is 0.286. The lowest BCUT2D eigenvalue weighted by Crippen LogP contribution is -2.36. The second kappa shape index (κ2) is 4.47. The molecule has 0 fully saturated rings. The van der Waals surface area contributed by atoms with Crippen molar-refractivity contribution < 1.29 is 22.9 Å². The molecule has 0 aliphatic heterocycles. The van der Waals surface area contributed by atoms with Crippen molar-refractivity contribution in [2.24, 2.45) is 0 Å². The molecule has 0 spiro atoms. The van der Waals surface area contributed by atoms with Gasteiger partial charge in [0.05, 0.1) is 11.5 Å². The summed E-state index contributed by atoms with van der Waals surface area (Å²) in [5.41, 5.74) is 0. The minimum absolute atomic E-state index is 0.184. The van der Waals surface area contributed by atoms with E-state index in [4.69, 9.17) is 0 Å². The monoisotopic (exact) mass is 254 g/mol. The van der Waals surface area contributed by atoms with E-state index >= 15 is 0 Å². The number of nitrogens with one attached hydrogen (secondary N) is 1. The van der Waals surface area contributed by atoms with Crippen LogP contribution in [-0.2, 0) is 11.3 Å². The van der Waals surface area contributed by atoms with Gasteiger partial charge in [-0.05, 0) is 6.07 Å². The fourth-order valence-corrected chi connectivity index (χ4v) is 1.59. The molecule has 88 valence electrons. The van der Waals surface area contributed by atoms with Crippen molar-refractivity contribution >= 4 is 22.2 Å². The first kappa shape index (κ1) is 12.4. The van der Waals surface area contributed by atoms with Crippen molar-refractivity contribution in [3.63, 3.8) is 0 Å². The second-order valence-corrected chi connectivity index (χ2v) is 3.82. The van der Waals surface area contributed by atoms with Gasteiger partial charge < -0.3 is 5.32 Å². The quantitative estimate of drug-likeness (QED) is 0.660. The van der Waals surface area contributed by atoms with Crippen LogP contribution in [0.3, 0.4) is 0 Å². The Morgan fingerprint density at radius 2 is 2.12 bits per heavy atom. The van der Waals surface area contributed by atoms with Crippen molar-refractivity contribution in [3.8, 4) is 0 Å². The van der Waals surface area contributed by atoms with Crippen LogP contribution < -0.4 is 5.32 Å². The molecule has 0 aliphatic carbocycles. The smallest absolute Gasteiger partial charge is 0.343 e. The molecule has 0 radical (unpaired) electrons. The summed E-state index contributed by atoms with van der Waals surface area (Å²) in [6, 6.07) is 2.46. The average molecular weight is 254 g/mol. The Kier molecular flexibility index (Phi) is 3.48. The van der Waals surface area contributed by atoms with Crippen LogP contribution in [-0.4, -0.2) is 17.0 Å². The third-order valence-corrected chi connectivity index (χ3v) is 2.54. The maximum atomic E-state index is 11.8. The van der Waals surface area contributed by atoms with Gasteiger partial charge in [-0.2, -0.15) is 13.2 Å². The summed E-state index contributed by atoms with van der Waals surface area (Å²) in [6.07, 6.45) is -4.94. The van der Waals surface area contributed by atoms with E-state index in [0.29, 0.717) is 11.3 Å². The van der Waals surface area contributed by atoms with Crippen LogP contribution in [0.25, 0.3) is 0 Å². The molecular formula is C7H5F3N2O3S. The summed E-state index contributed by atoms with van der Waals surface area (Å²) in [6.45, 7) is -0.378. The van der Waals surface area contributed by atoms with Gasteiger partial charge in [0.2, 0.25) is 0 Å². The number of halogens is 3. The minimum atomic E-state index is -4.94. The molecule has 1 rings (SSSR count). The molecule has 1 N–H and O–H groups in total. The molecule has 5 nitrogen and oxygen atoms in total. The Balaban J connectivity index is 2.55. The molecule has 9 heteroatoms. The number of nitro groups is 1. The van der Waals surface area contributed by atoms with Gasteiger partial charge in [0.1, 0.15) is 0 Å². The molecule has 0 unspecified atom stereocenters. The van der Waals surface area contributed by atoms with Crippen LogP contribution in [0.5, 0.6) is 0 Å². The zero-order valence-corrected chi connectivity index (χ0v) is 8.39. The Morgan fingerprint density at radius 3 is 2.56 bits per heavy atom. The largest absolute Gasteiger partial charge is 0.471 e. The molecule has 0 bridgehead atoms. The Labute approximate surface area is 91.0 Å². The number of hydrogen-bond donors (Lipinski definition) is 1. The standard InChI is InChI=1S/C7H5F3N2O3S/c8-7(9,10)6(13)11-3-4-1-2-5(16-4)12(14)15/h1-2H,3H2,(H,11,13). The lowest BCUT2D eigenvalue weighted by Gasteiger charge is -2.05. The van der Waals surface area contributed by atoms with Crippen LogP contribution in [0.15, 0.2) is 12.1 Å². The number of hydrogen-bond acceptors (Lipinski definition) is 4. The van der Waals surface area contributed by atoms with Gasteiger partial charge in [0.15, 0.2) is 0 Å². The van der Waals surface area contributed by atoms with Crippen LogP contribution in [0.1, 0.15) is 4.88 Å². The molecule has 1 aromatic heterocycles. The summed E-state index contributed by atoms with van der Waals surface area (Å²) in [5, 5.41) is 11.7. The van der Waals surface area contributed by atoms with E-state index in [0.717, 1.165) is 0 Å². The number of carbonyl (C=O) groups excluding carboxylic acids is 1. The van der Waals surface area contributed by atoms with Gasteiger partial charge in [-0.25, -0.2) is 0 Å². The molecular weight excluding hydrogens is 249 g/mol. The highest BCUT2D eigenvalue weighted by atomic mass is 32.1. The number of alkyl halides is 3. The Morgan fingerprint density at radius 1 is 1.50 bits per heavy atom. The minimum Gasteiger partial charge on any atom is -0.343 e. The summed E-state index contributed by atoms with van der Waals surface area (Å²) in [4.78, 5) is 20.3. The van der Waals surface area contributed by atoms with Crippen molar-refractivity contribution in [3.05, 3.63) is 27.1 Å². The first-order valence-electron chi connectivity index (χ1n) is 3.89. The van der Waals surface area contributed by atoms with Crippen LogP contribution in [0.4, 0.5) is 18.2 Å². The summed E-state index contributed by atoms with van der Waals surface area (Å²) in [7, 11) is 0. The number of carbonyl (C=O) groups is 1. The SMILES string of the molecule is O=C(NCc1ccc([N+](=O)[O-])s1)C(F)(F)F. The van der Waals surface area contributed by atoms with E-state index in [9.17, 15) is 28.1 Å². The Bertz CT molecular complexity index is 415. The van der Waals surface area contributed by atoms with E-state index in [2.05, 4.69) is 0 Å². The number of nitrogens with zero attached hydrogens (tertiary/aromatic N) is 1. The van der Waals surface area contributed by atoms with Crippen molar-refractivity contribution in [1.29, 1.82) is 0 Å². The van der Waals surface area contributed by atoms with Gasteiger partial charge >= 0.3 is 17.1 Å². The third kappa shape index (κ3) is 3.19. The van der Waals surface area contributed by atoms with E-state index in [1.165, 1.54) is 12.1 Å². The number of amides is 1. The number of thiophene rings is 1. The van der Waals surface area contributed by atoms with Crippen molar-refractivity contribution in [2.75, 3.05) is 0 Å². The first-order chi connectivity index (χ1) is 7.30. The molecule has 0 aromatic carbocycles. The highest BCUT2D eigenvalue weighted by Crippen LogP contribution is 2.24. The van der Waals surface area contributed by atoms with Crippen LogP contribution >= 0.6 is 11.3 Å². The van der Waals surface area contributed by atoms with E-state index < -0.39 is 17.0 Å². The molecule has 1 heterocycles. The fourth-order valence-electron chi connectivity index (χ4n) is 0.827. The Hall–Kier alpha value is -1.64. The van der Waals surface area contributed by atoms with E-state index in [-0.39, 0.29) is 16.4 Å². The second-order valence-electron chi connectivity index (χ2n) is 2.68. The predicted octanol–water partition coefficient (Wildman–Crippen LogP) is 1.83. The summed E-state index contributed by atoms with van der Waals surface area (Å²) < 4.78 is 35.3. The van der Waals surface area contributed by atoms with Crippen molar-refractivity contribution in [2.45, 2.75) is 12.7 Å². The number of rotatable bonds is 3. The van der Waals surface area contributed by atoms with Gasteiger partial charge in [-0.3, -0.25) is 14.9 Å². The van der Waals surface area contributed by atoms with Gasteiger partial charge in [0, 0.05) is 10.9 Å². The molecule has 1 amide bonds. The van der Waals surface area contributed by atoms with Gasteiger partial charge in [-0.1, -0.05) is 11.3 Å². The highest BCUT2D eigenvalue weighted by Gasteiger charge is 2.38. The molecule has 0 saturated carbocycles. The summed E-state index contributed by atoms with van der Waals surface area (Å²) in [5.74, 6) is -2.07. The average Bonchev–Trinajstić information content (AvgIpc) is 2.60. The maximum Gasteiger partial charge on any atom is 0.471 e. The highest BCUT2D eigenvalue weighted by molar-refractivity contribution is 7.15. The first-order valence-corrected chi connectivity index (χ1v) is 4.70. The normalized spacial score (nSPS) is 11.2. The maximum absolute atomic E-state index is 11.8. The zero-order chi connectivity index (χ0) is 12.3. The van der Waals surface area contributed by atoms with Crippen molar-refractivity contribution in [1.82, 2.24) is 5.32 Å². The predicted molar refractivity (Wildman–Crippen MR) is 48.9 cm³/mol. The zero-order valence-electron chi connectivity index (χ0n) is 7.58. The molecule has 0 saturated heterocycles. The molecule has 1 aromatic rings. The molecule has 0 aliphatic rings.